The molecule has 0 spiro atoms. The lowest BCUT2D eigenvalue weighted by molar-refractivity contribution is 0.102. The van der Waals surface area contributed by atoms with Gasteiger partial charge < -0.3 is 5.32 Å². The largest absolute Gasteiger partial charge is 0.322 e. The highest BCUT2D eigenvalue weighted by Gasteiger charge is 2.21. The Balaban J connectivity index is 1.69. The highest BCUT2D eigenvalue weighted by Crippen LogP contribution is 2.28. The lowest BCUT2D eigenvalue weighted by Crippen LogP contribution is -2.27. The summed E-state index contributed by atoms with van der Waals surface area (Å²) >= 11 is 1.56. The van der Waals surface area contributed by atoms with Crippen molar-refractivity contribution in [1.29, 1.82) is 0 Å². The van der Waals surface area contributed by atoms with E-state index in [1.165, 1.54) is 16.6 Å². The zero-order valence-corrected chi connectivity index (χ0v) is 14.9. The number of carbonyl (C=O) groups is 1. The van der Waals surface area contributed by atoms with Gasteiger partial charge in [0.15, 0.2) is 4.96 Å². The van der Waals surface area contributed by atoms with E-state index in [-0.39, 0.29) is 11.1 Å². The average molecular weight is 353 g/mol. The monoisotopic (exact) mass is 353 g/mol. The average Bonchev–Trinajstić information content (AvgIpc) is 3.02. The molecular formula is C19H19N3O2S. The fourth-order valence-corrected chi connectivity index (χ4v) is 4.41. The van der Waals surface area contributed by atoms with Gasteiger partial charge in [0, 0.05) is 22.5 Å². The van der Waals surface area contributed by atoms with Crippen molar-refractivity contribution in [2.75, 3.05) is 5.32 Å². The third kappa shape index (κ3) is 2.87. The molecule has 4 rings (SSSR count). The van der Waals surface area contributed by atoms with E-state index in [9.17, 15) is 9.59 Å². The number of nitrogens with one attached hydrogen (secondary N) is 1. The number of nitrogens with zero attached hydrogens (tertiary/aromatic N) is 2. The van der Waals surface area contributed by atoms with Crippen LogP contribution in [0.15, 0.2) is 35.3 Å². The first-order chi connectivity index (χ1) is 12.2. The molecule has 2 aromatic heterocycles. The molecule has 0 saturated carbocycles. The van der Waals surface area contributed by atoms with E-state index < -0.39 is 5.91 Å². The molecule has 0 atom stereocenters. The number of hydrogen-bond acceptors (Lipinski definition) is 4. The maximum absolute atomic E-state index is 12.9. The quantitative estimate of drug-likeness (QED) is 0.784. The van der Waals surface area contributed by atoms with Crippen molar-refractivity contribution in [2.24, 2.45) is 0 Å². The van der Waals surface area contributed by atoms with Crippen molar-refractivity contribution >= 4 is 27.9 Å². The molecule has 3 aromatic rings. The summed E-state index contributed by atoms with van der Waals surface area (Å²) in [4.78, 5) is 31.7. The summed E-state index contributed by atoms with van der Waals surface area (Å²) < 4.78 is 1.63. The van der Waals surface area contributed by atoms with Gasteiger partial charge in [-0.2, -0.15) is 0 Å². The zero-order chi connectivity index (χ0) is 17.4. The molecule has 5 nitrogen and oxygen atoms in total. The molecule has 1 N–H and O–H groups in total. The van der Waals surface area contributed by atoms with Crippen LogP contribution in [0.3, 0.4) is 0 Å². The number of benzene rings is 1. The number of amides is 1. The highest BCUT2D eigenvalue weighted by molar-refractivity contribution is 7.17. The molecule has 1 aromatic carbocycles. The van der Waals surface area contributed by atoms with E-state index in [0.29, 0.717) is 10.6 Å². The first-order valence-corrected chi connectivity index (χ1v) is 9.41. The van der Waals surface area contributed by atoms with Gasteiger partial charge in [-0.1, -0.05) is 19.1 Å². The van der Waals surface area contributed by atoms with Crippen LogP contribution in [0.25, 0.3) is 4.96 Å². The molecule has 0 aliphatic heterocycles. The molecule has 1 aliphatic carbocycles. The first-order valence-electron chi connectivity index (χ1n) is 8.60. The van der Waals surface area contributed by atoms with Crippen molar-refractivity contribution in [3.63, 3.8) is 0 Å². The molecule has 0 bridgehead atoms. The summed E-state index contributed by atoms with van der Waals surface area (Å²) in [6.45, 7) is 2.08. The van der Waals surface area contributed by atoms with Crippen LogP contribution in [0.4, 0.5) is 5.69 Å². The molecule has 0 radical (unpaired) electrons. The fourth-order valence-electron chi connectivity index (χ4n) is 3.25. The molecule has 2 heterocycles. The SMILES string of the molecule is CCc1ccc(NC(=O)c2cnc3sc4c(n3c2=O)CCCC4)cc1. The maximum atomic E-state index is 12.9. The third-order valence-corrected chi connectivity index (χ3v) is 5.82. The second kappa shape index (κ2) is 6.44. The number of carbonyl (C=O) groups excluding carboxylic acids is 1. The second-order valence-corrected chi connectivity index (χ2v) is 7.34. The standard InChI is InChI=1S/C19H19N3O2S/c1-2-12-7-9-13(10-8-12)21-17(23)14-11-20-19-22(18(14)24)15-5-3-4-6-16(15)25-19/h7-11H,2-6H2,1H3,(H,21,23). The Labute approximate surface area is 149 Å². The van der Waals surface area contributed by atoms with Gasteiger partial charge in [0.25, 0.3) is 11.5 Å². The van der Waals surface area contributed by atoms with Crippen LogP contribution in [0, 0.1) is 0 Å². The summed E-state index contributed by atoms with van der Waals surface area (Å²) in [6, 6.07) is 7.65. The Morgan fingerprint density at radius 1 is 1.24 bits per heavy atom. The number of aryl methyl sites for hydroxylation is 3. The van der Waals surface area contributed by atoms with Gasteiger partial charge in [-0.05, 0) is 49.8 Å². The molecular weight excluding hydrogens is 334 g/mol. The summed E-state index contributed by atoms with van der Waals surface area (Å²) in [5, 5.41) is 2.80. The van der Waals surface area contributed by atoms with Crippen LogP contribution in [-0.2, 0) is 19.3 Å². The van der Waals surface area contributed by atoms with E-state index in [4.69, 9.17) is 0 Å². The van der Waals surface area contributed by atoms with Gasteiger partial charge in [-0.3, -0.25) is 14.0 Å². The number of hydrogen-bond donors (Lipinski definition) is 1. The number of rotatable bonds is 3. The molecule has 1 aliphatic rings. The minimum Gasteiger partial charge on any atom is -0.322 e. The molecule has 0 unspecified atom stereocenters. The predicted octanol–water partition coefficient (Wildman–Crippen LogP) is 3.45. The Morgan fingerprint density at radius 2 is 2.00 bits per heavy atom. The second-order valence-electron chi connectivity index (χ2n) is 6.28. The lowest BCUT2D eigenvalue weighted by Gasteiger charge is -2.10. The molecule has 1 amide bonds. The van der Waals surface area contributed by atoms with Gasteiger partial charge >= 0.3 is 0 Å². The number of anilines is 1. The smallest absolute Gasteiger partial charge is 0.271 e. The van der Waals surface area contributed by atoms with Crippen LogP contribution < -0.4 is 10.9 Å². The summed E-state index contributed by atoms with van der Waals surface area (Å²) in [6.07, 6.45) is 6.44. The number of fused-ring (bicyclic) bond motifs is 3. The normalized spacial score (nSPS) is 13.6. The lowest BCUT2D eigenvalue weighted by atomic mass is 10.0. The van der Waals surface area contributed by atoms with Crippen LogP contribution in [0.5, 0.6) is 0 Å². The predicted molar refractivity (Wildman–Crippen MR) is 99.8 cm³/mol. The molecule has 0 saturated heterocycles. The molecule has 128 valence electrons. The highest BCUT2D eigenvalue weighted by atomic mass is 32.1. The zero-order valence-electron chi connectivity index (χ0n) is 14.0. The van der Waals surface area contributed by atoms with Crippen LogP contribution in [0.2, 0.25) is 0 Å². The third-order valence-electron chi connectivity index (χ3n) is 4.67. The van der Waals surface area contributed by atoms with Gasteiger partial charge in [-0.25, -0.2) is 4.98 Å². The molecule has 0 fully saturated rings. The van der Waals surface area contributed by atoms with E-state index in [2.05, 4.69) is 17.2 Å². The topological polar surface area (TPSA) is 63.5 Å². The van der Waals surface area contributed by atoms with Crippen molar-refractivity contribution < 1.29 is 4.79 Å². The van der Waals surface area contributed by atoms with E-state index in [1.54, 1.807) is 15.7 Å². The van der Waals surface area contributed by atoms with Crippen molar-refractivity contribution in [2.45, 2.75) is 39.0 Å². The Bertz CT molecular complexity index is 1000. The van der Waals surface area contributed by atoms with Crippen LogP contribution in [0.1, 0.15) is 46.3 Å². The van der Waals surface area contributed by atoms with Crippen molar-refractivity contribution in [1.82, 2.24) is 9.38 Å². The van der Waals surface area contributed by atoms with Gasteiger partial charge in [-0.15, -0.1) is 11.3 Å². The summed E-state index contributed by atoms with van der Waals surface area (Å²) in [5.74, 6) is -0.410. The first kappa shape index (κ1) is 16.0. The van der Waals surface area contributed by atoms with Gasteiger partial charge in [0.2, 0.25) is 0 Å². The van der Waals surface area contributed by atoms with Gasteiger partial charge in [0.1, 0.15) is 5.56 Å². The summed E-state index contributed by atoms with van der Waals surface area (Å²) in [7, 11) is 0. The maximum Gasteiger partial charge on any atom is 0.271 e. The molecule has 6 heteroatoms. The van der Waals surface area contributed by atoms with Gasteiger partial charge in [0.05, 0.1) is 0 Å². The number of aromatic nitrogens is 2. The summed E-state index contributed by atoms with van der Waals surface area (Å²) in [5.41, 5.74) is 2.73. The van der Waals surface area contributed by atoms with Crippen molar-refractivity contribution in [3.05, 3.63) is 62.5 Å². The van der Waals surface area contributed by atoms with Crippen LogP contribution >= 0.6 is 11.3 Å². The van der Waals surface area contributed by atoms with E-state index in [1.807, 2.05) is 24.3 Å². The fraction of sp³-hybridized carbons (Fsp3) is 0.316. The minimum absolute atomic E-state index is 0.0863. The molecule has 25 heavy (non-hydrogen) atoms. The van der Waals surface area contributed by atoms with E-state index in [0.717, 1.165) is 37.8 Å². The minimum atomic E-state index is -0.410. The van der Waals surface area contributed by atoms with Crippen molar-refractivity contribution in [3.8, 4) is 0 Å². The Morgan fingerprint density at radius 3 is 2.76 bits per heavy atom. The Kier molecular flexibility index (Phi) is 4.13. The Hall–Kier alpha value is -2.47. The van der Waals surface area contributed by atoms with Crippen LogP contribution in [-0.4, -0.2) is 15.3 Å². The number of thiazole rings is 1. The van der Waals surface area contributed by atoms with E-state index >= 15 is 0 Å².